The van der Waals surface area contributed by atoms with E-state index < -0.39 is 0 Å². The van der Waals surface area contributed by atoms with E-state index in [1.54, 1.807) is 12.1 Å². The summed E-state index contributed by atoms with van der Waals surface area (Å²) in [4.78, 5) is 4.18. The predicted molar refractivity (Wildman–Crippen MR) is 52.4 cm³/mol. The number of nitriles is 2. The first-order valence-electron chi connectivity index (χ1n) is 4.26. The second-order valence-electron chi connectivity index (χ2n) is 2.83. The van der Waals surface area contributed by atoms with Crippen molar-refractivity contribution in [2.24, 2.45) is 0 Å². The van der Waals surface area contributed by atoms with Crippen molar-refractivity contribution >= 4 is 5.82 Å². The van der Waals surface area contributed by atoms with Gasteiger partial charge in [0.05, 0.1) is 24.1 Å². The number of aromatic nitrogens is 1. The van der Waals surface area contributed by atoms with Crippen LogP contribution < -0.4 is 5.32 Å². The molecule has 0 fully saturated rings. The fourth-order valence-corrected chi connectivity index (χ4v) is 1.07. The van der Waals surface area contributed by atoms with Gasteiger partial charge in [-0.15, -0.1) is 0 Å². The Morgan fingerprint density at radius 3 is 2.86 bits per heavy atom. The molecule has 1 N–H and O–H groups in total. The van der Waals surface area contributed by atoms with Crippen LogP contribution in [-0.2, 0) is 0 Å². The van der Waals surface area contributed by atoms with E-state index in [4.69, 9.17) is 10.5 Å². The maximum atomic E-state index is 8.70. The summed E-state index contributed by atoms with van der Waals surface area (Å²) in [5.41, 5.74) is 1.38. The normalized spacial score (nSPS) is 8.79. The minimum absolute atomic E-state index is 0.428. The van der Waals surface area contributed by atoms with Crippen molar-refractivity contribution in [1.82, 2.24) is 4.98 Å². The number of anilines is 1. The van der Waals surface area contributed by atoms with Gasteiger partial charge in [-0.2, -0.15) is 10.5 Å². The van der Waals surface area contributed by atoms with Crippen LogP contribution in [0, 0.1) is 29.6 Å². The van der Waals surface area contributed by atoms with E-state index in [9.17, 15) is 0 Å². The molecule has 0 bridgehead atoms. The van der Waals surface area contributed by atoms with Crippen LogP contribution in [0.4, 0.5) is 5.82 Å². The number of nitrogens with one attached hydrogen (secondary N) is 1. The van der Waals surface area contributed by atoms with Crippen LogP contribution in [-0.4, -0.2) is 11.5 Å². The first-order valence-corrected chi connectivity index (χ1v) is 4.26. The molecule has 4 heteroatoms. The second-order valence-corrected chi connectivity index (χ2v) is 2.83. The Hall–Kier alpha value is -2.07. The van der Waals surface area contributed by atoms with Crippen LogP contribution in [0.2, 0.25) is 0 Å². The molecular weight excluding hydrogens is 176 g/mol. The Kier molecular flexibility index (Phi) is 3.46. The van der Waals surface area contributed by atoms with Crippen molar-refractivity contribution in [3.8, 4) is 12.1 Å². The fourth-order valence-electron chi connectivity index (χ4n) is 1.07. The third-order valence-corrected chi connectivity index (χ3v) is 1.63. The third-order valence-electron chi connectivity index (χ3n) is 1.63. The van der Waals surface area contributed by atoms with Crippen LogP contribution >= 0.6 is 0 Å². The summed E-state index contributed by atoms with van der Waals surface area (Å²) < 4.78 is 0. The number of pyridine rings is 1. The quantitative estimate of drug-likeness (QED) is 0.727. The van der Waals surface area contributed by atoms with E-state index in [0.29, 0.717) is 24.3 Å². The van der Waals surface area contributed by atoms with Gasteiger partial charge in [-0.25, -0.2) is 4.98 Å². The molecule has 4 nitrogen and oxygen atoms in total. The Bertz CT molecular complexity index is 398. The van der Waals surface area contributed by atoms with E-state index >= 15 is 0 Å². The summed E-state index contributed by atoms with van der Waals surface area (Å²) in [6, 6.07) is 7.47. The lowest BCUT2D eigenvalue weighted by molar-refractivity contribution is 1.04. The number of aryl methyl sites for hydroxylation is 1. The Balaban J connectivity index is 2.74. The van der Waals surface area contributed by atoms with E-state index in [2.05, 4.69) is 16.4 Å². The van der Waals surface area contributed by atoms with E-state index in [1.165, 1.54) is 0 Å². The standard InChI is InChI=1S/C10H10N4/c1-8-5-9(7-12)6-10(14-8)13-4-2-3-11/h5-6H,2,4H2,1H3,(H,13,14). The molecule has 0 aliphatic rings. The van der Waals surface area contributed by atoms with E-state index in [1.807, 2.05) is 13.0 Å². The van der Waals surface area contributed by atoms with Gasteiger partial charge in [0.2, 0.25) is 0 Å². The number of nitrogens with zero attached hydrogens (tertiary/aromatic N) is 3. The van der Waals surface area contributed by atoms with Gasteiger partial charge in [0.15, 0.2) is 0 Å². The summed E-state index contributed by atoms with van der Waals surface area (Å²) in [5.74, 6) is 0.650. The van der Waals surface area contributed by atoms with Crippen molar-refractivity contribution in [3.05, 3.63) is 23.4 Å². The molecule has 0 saturated carbocycles. The number of hydrogen-bond donors (Lipinski definition) is 1. The molecule has 14 heavy (non-hydrogen) atoms. The molecule has 0 radical (unpaired) electrons. The van der Waals surface area contributed by atoms with Crippen LogP contribution in [0.5, 0.6) is 0 Å². The monoisotopic (exact) mass is 186 g/mol. The minimum Gasteiger partial charge on any atom is -0.369 e. The van der Waals surface area contributed by atoms with Crippen molar-refractivity contribution in [3.63, 3.8) is 0 Å². The first kappa shape index (κ1) is 10.0. The van der Waals surface area contributed by atoms with Crippen molar-refractivity contribution in [2.45, 2.75) is 13.3 Å². The predicted octanol–water partition coefficient (Wildman–Crippen LogP) is 1.59. The highest BCUT2D eigenvalue weighted by molar-refractivity contribution is 5.44. The molecule has 1 rings (SSSR count). The molecule has 0 spiro atoms. The number of rotatable bonds is 3. The molecule has 70 valence electrons. The highest BCUT2D eigenvalue weighted by Gasteiger charge is 1.98. The zero-order chi connectivity index (χ0) is 10.4. The highest BCUT2D eigenvalue weighted by Crippen LogP contribution is 2.08. The molecule has 0 aliphatic carbocycles. The zero-order valence-electron chi connectivity index (χ0n) is 7.91. The van der Waals surface area contributed by atoms with Gasteiger partial charge in [-0.1, -0.05) is 0 Å². The van der Waals surface area contributed by atoms with Crippen molar-refractivity contribution in [1.29, 1.82) is 10.5 Å². The van der Waals surface area contributed by atoms with Gasteiger partial charge < -0.3 is 5.32 Å². The van der Waals surface area contributed by atoms with Gasteiger partial charge in [0, 0.05) is 12.2 Å². The number of hydrogen-bond acceptors (Lipinski definition) is 4. The molecule has 0 saturated heterocycles. The average Bonchev–Trinajstić information content (AvgIpc) is 2.17. The summed E-state index contributed by atoms with van der Waals surface area (Å²) >= 11 is 0. The summed E-state index contributed by atoms with van der Waals surface area (Å²) in [5, 5.41) is 20.0. The van der Waals surface area contributed by atoms with Crippen LogP contribution in [0.1, 0.15) is 17.7 Å². The molecule has 1 heterocycles. The Morgan fingerprint density at radius 2 is 2.21 bits per heavy atom. The van der Waals surface area contributed by atoms with Crippen molar-refractivity contribution < 1.29 is 0 Å². The lowest BCUT2D eigenvalue weighted by Gasteiger charge is -2.03. The van der Waals surface area contributed by atoms with Crippen molar-refractivity contribution in [2.75, 3.05) is 11.9 Å². The molecule has 1 aromatic rings. The lowest BCUT2D eigenvalue weighted by atomic mass is 10.2. The second kappa shape index (κ2) is 4.84. The fraction of sp³-hybridized carbons (Fsp3) is 0.300. The van der Waals surface area contributed by atoms with Crippen LogP contribution in [0.3, 0.4) is 0 Å². The molecule has 0 aromatic carbocycles. The van der Waals surface area contributed by atoms with Gasteiger partial charge in [-0.05, 0) is 19.1 Å². The van der Waals surface area contributed by atoms with E-state index in [0.717, 1.165) is 5.69 Å². The molecule has 1 aromatic heterocycles. The summed E-state index contributed by atoms with van der Waals surface area (Å²) in [6.07, 6.45) is 0.428. The van der Waals surface area contributed by atoms with E-state index in [-0.39, 0.29) is 0 Å². The van der Waals surface area contributed by atoms with Crippen LogP contribution in [0.15, 0.2) is 12.1 Å². The van der Waals surface area contributed by atoms with Gasteiger partial charge in [-0.3, -0.25) is 0 Å². The Morgan fingerprint density at radius 1 is 1.43 bits per heavy atom. The SMILES string of the molecule is Cc1cc(C#N)cc(NCCC#N)n1. The highest BCUT2D eigenvalue weighted by atomic mass is 15.0. The largest absolute Gasteiger partial charge is 0.369 e. The molecular formula is C10H10N4. The maximum Gasteiger partial charge on any atom is 0.127 e. The maximum absolute atomic E-state index is 8.70. The van der Waals surface area contributed by atoms with Gasteiger partial charge >= 0.3 is 0 Å². The summed E-state index contributed by atoms with van der Waals surface area (Å²) in [6.45, 7) is 2.38. The molecule has 0 aliphatic heterocycles. The zero-order valence-corrected chi connectivity index (χ0v) is 7.91. The lowest BCUT2D eigenvalue weighted by Crippen LogP contribution is -2.03. The smallest absolute Gasteiger partial charge is 0.127 e. The van der Waals surface area contributed by atoms with Crippen LogP contribution in [0.25, 0.3) is 0 Å². The average molecular weight is 186 g/mol. The first-order chi connectivity index (χ1) is 6.76. The Labute approximate surface area is 82.8 Å². The topological polar surface area (TPSA) is 72.5 Å². The molecule has 0 atom stereocenters. The third kappa shape index (κ3) is 2.76. The van der Waals surface area contributed by atoms with Gasteiger partial charge in [0.1, 0.15) is 5.82 Å². The van der Waals surface area contributed by atoms with Gasteiger partial charge in [0.25, 0.3) is 0 Å². The summed E-state index contributed by atoms with van der Waals surface area (Å²) in [7, 11) is 0. The molecule has 0 amide bonds. The molecule has 0 unspecified atom stereocenters. The minimum atomic E-state index is 0.428.